The molecule has 1 aliphatic rings. The highest BCUT2D eigenvalue weighted by Crippen LogP contribution is 2.38. The smallest absolute Gasteiger partial charge is 0.321 e. The second-order valence-electron chi connectivity index (χ2n) is 4.60. The summed E-state index contributed by atoms with van der Waals surface area (Å²) in [7, 11) is 0. The number of carbonyl (C=O) groups excluding carboxylic acids is 3. The molecule has 6 nitrogen and oxygen atoms in total. The van der Waals surface area contributed by atoms with Crippen molar-refractivity contribution >= 4 is 17.9 Å². The van der Waals surface area contributed by atoms with Crippen LogP contribution in [0.4, 0.5) is 4.79 Å². The number of urea groups is 1. The number of esters is 1. The van der Waals surface area contributed by atoms with Crippen LogP contribution in [0.5, 0.6) is 0 Å². The van der Waals surface area contributed by atoms with Crippen molar-refractivity contribution in [3.8, 4) is 0 Å². The van der Waals surface area contributed by atoms with Crippen LogP contribution in [0.25, 0.3) is 0 Å². The molecule has 0 saturated heterocycles. The lowest BCUT2D eigenvalue weighted by atomic mass is 10.3. The summed E-state index contributed by atoms with van der Waals surface area (Å²) in [6, 6.07) is -0.640. The minimum absolute atomic E-state index is 0.0577. The van der Waals surface area contributed by atoms with Crippen LogP contribution in [0.15, 0.2) is 0 Å². The second kappa shape index (κ2) is 5.65. The molecule has 0 radical (unpaired) electrons. The molecule has 0 heterocycles. The van der Waals surface area contributed by atoms with Gasteiger partial charge in [-0.2, -0.15) is 0 Å². The van der Waals surface area contributed by atoms with Gasteiger partial charge in [0.05, 0.1) is 5.92 Å². The van der Waals surface area contributed by atoms with Gasteiger partial charge >= 0.3 is 12.0 Å². The van der Waals surface area contributed by atoms with Crippen molar-refractivity contribution in [1.29, 1.82) is 0 Å². The van der Waals surface area contributed by atoms with Gasteiger partial charge in [-0.1, -0.05) is 6.92 Å². The first-order chi connectivity index (χ1) is 7.90. The van der Waals surface area contributed by atoms with Gasteiger partial charge in [0.25, 0.3) is 5.91 Å². The summed E-state index contributed by atoms with van der Waals surface area (Å²) in [5.74, 6) is -0.719. The molecule has 0 aromatic heterocycles. The number of rotatable bonds is 4. The van der Waals surface area contributed by atoms with E-state index in [4.69, 9.17) is 4.74 Å². The van der Waals surface area contributed by atoms with E-state index in [2.05, 4.69) is 10.6 Å². The SMILES string of the molecule is CC(C)NC(=O)NC(=O)COC(=O)[C@H]1C[C@@H]1C. The Morgan fingerprint density at radius 2 is 1.94 bits per heavy atom. The van der Waals surface area contributed by atoms with Crippen molar-refractivity contribution in [2.45, 2.75) is 33.2 Å². The average molecular weight is 242 g/mol. The number of amides is 3. The topological polar surface area (TPSA) is 84.5 Å². The molecule has 0 unspecified atom stereocenters. The van der Waals surface area contributed by atoms with E-state index in [1.165, 1.54) is 0 Å². The molecule has 1 aliphatic carbocycles. The summed E-state index contributed by atoms with van der Waals surface area (Å²) in [5.41, 5.74) is 0. The fourth-order valence-electron chi connectivity index (χ4n) is 1.36. The Kier molecular flexibility index (Phi) is 4.48. The number of ether oxygens (including phenoxy) is 1. The Bertz CT molecular complexity index is 327. The molecule has 96 valence electrons. The van der Waals surface area contributed by atoms with E-state index in [1.807, 2.05) is 6.92 Å². The number of imide groups is 1. The molecule has 3 amide bonds. The van der Waals surface area contributed by atoms with Crippen molar-refractivity contribution in [1.82, 2.24) is 10.6 Å². The van der Waals surface area contributed by atoms with Gasteiger partial charge in [0.15, 0.2) is 6.61 Å². The Balaban J connectivity index is 2.16. The maximum absolute atomic E-state index is 11.3. The molecule has 1 fully saturated rings. The molecule has 0 aromatic rings. The molecular formula is C11H18N2O4. The first-order valence-electron chi connectivity index (χ1n) is 5.67. The van der Waals surface area contributed by atoms with Crippen LogP contribution < -0.4 is 10.6 Å². The molecule has 0 spiro atoms. The highest BCUT2D eigenvalue weighted by Gasteiger charge is 2.40. The molecule has 6 heteroatoms. The van der Waals surface area contributed by atoms with Crippen molar-refractivity contribution in [3.05, 3.63) is 0 Å². The lowest BCUT2D eigenvalue weighted by Gasteiger charge is -2.09. The lowest BCUT2D eigenvalue weighted by molar-refractivity contribution is -0.149. The fourth-order valence-corrected chi connectivity index (χ4v) is 1.36. The normalized spacial score (nSPS) is 21.9. The summed E-state index contributed by atoms with van der Waals surface area (Å²) in [5, 5.41) is 4.56. The maximum atomic E-state index is 11.3. The highest BCUT2D eigenvalue weighted by atomic mass is 16.5. The van der Waals surface area contributed by atoms with E-state index in [0.717, 1.165) is 6.42 Å². The van der Waals surface area contributed by atoms with Crippen LogP contribution in [0.1, 0.15) is 27.2 Å². The van der Waals surface area contributed by atoms with Crippen molar-refractivity contribution < 1.29 is 19.1 Å². The molecule has 17 heavy (non-hydrogen) atoms. The number of nitrogens with one attached hydrogen (secondary N) is 2. The molecule has 0 aromatic carbocycles. The van der Waals surface area contributed by atoms with E-state index in [0.29, 0.717) is 5.92 Å². The van der Waals surface area contributed by atoms with Gasteiger partial charge in [-0.15, -0.1) is 0 Å². The van der Waals surface area contributed by atoms with Crippen LogP contribution in [0.2, 0.25) is 0 Å². The summed E-state index contributed by atoms with van der Waals surface area (Å²) in [6.45, 7) is 5.09. The van der Waals surface area contributed by atoms with E-state index in [-0.39, 0.29) is 17.9 Å². The summed E-state index contributed by atoms with van der Waals surface area (Å²) < 4.78 is 4.77. The quantitative estimate of drug-likeness (QED) is 0.700. The van der Waals surface area contributed by atoms with Gasteiger partial charge in [-0.3, -0.25) is 14.9 Å². The number of carbonyl (C=O) groups is 3. The zero-order valence-corrected chi connectivity index (χ0v) is 10.3. The Morgan fingerprint density at radius 1 is 1.35 bits per heavy atom. The average Bonchev–Trinajstić information content (AvgIpc) is 2.90. The molecule has 2 N–H and O–H groups in total. The standard InChI is InChI=1S/C11H18N2O4/c1-6(2)12-11(16)13-9(14)5-17-10(15)8-4-7(8)3/h6-8H,4-5H2,1-3H3,(H2,12,13,14,16)/t7-,8-/m0/s1. The van der Waals surface area contributed by atoms with Crippen molar-refractivity contribution in [2.24, 2.45) is 11.8 Å². The summed E-state index contributed by atoms with van der Waals surface area (Å²) in [6.07, 6.45) is 0.814. The van der Waals surface area contributed by atoms with Crippen LogP contribution in [0.3, 0.4) is 0 Å². The third-order valence-electron chi connectivity index (χ3n) is 2.43. The summed E-state index contributed by atoms with van der Waals surface area (Å²) in [4.78, 5) is 33.6. The second-order valence-corrected chi connectivity index (χ2v) is 4.60. The van der Waals surface area contributed by atoms with Gasteiger partial charge in [-0.25, -0.2) is 4.79 Å². The third-order valence-corrected chi connectivity index (χ3v) is 2.43. The van der Waals surface area contributed by atoms with E-state index in [1.54, 1.807) is 13.8 Å². The van der Waals surface area contributed by atoms with Crippen molar-refractivity contribution in [2.75, 3.05) is 6.61 Å². The van der Waals surface area contributed by atoms with Gasteiger partial charge in [0.1, 0.15) is 0 Å². The Morgan fingerprint density at radius 3 is 2.41 bits per heavy atom. The molecule has 1 saturated carbocycles. The Hall–Kier alpha value is -1.59. The van der Waals surface area contributed by atoms with Gasteiger partial charge in [0, 0.05) is 6.04 Å². The van der Waals surface area contributed by atoms with E-state index < -0.39 is 18.5 Å². The van der Waals surface area contributed by atoms with E-state index >= 15 is 0 Å². The molecule has 0 aliphatic heterocycles. The zero-order chi connectivity index (χ0) is 13.0. The van der Waals surface area contributed by atoms with Crippen LogP contribution >= 0.6 is 0 Å². The number of hydrogen-bond acceptors (Lipinski definition) is 4. The maximum Gasteiger partial charge on any atom is 0.321 e. The molecule has 0 bridgehead atoms. The van der Waals surface area contributed by atoms with E-state index in [9.17, 15) is 14.4 Å². The van der Waals surface area contributed by atoms with Crippen LogP contribution in [-0.2, 0) is 14.3 Å². The highest BCUT2D eigenvalue weighted by molar-refractivity contribution is 5.95. The largest absolute Gasteiger partial charge is 0.455 e. The zero-order valence-electron chi connectivity index (χ0n) is 10.3. The third kappa shape index (κ3) is 4.84. The van der Waals surface area contributed by atoms with Crippen LogP contribution in [-0.4, -0.2) is 30.6 Å². The monoisotopic (exact) mass is 242 g/mol. The number of hydrogen-bond donors (Lipinski definition) is 2. The molecule has 1 rings (SSSR count). The van der Waals surface area contributed by atoms with Gasteiger partial charge in [-0.05, 0) is 26.2 Å². The minimum Gasteiger partial charge on any atom is -0.455 e. The summed E-state index contributed by atoms with van der Waals surface area (Å²) >= 11 is 0. The predicted molar refractivity (Wildman–Crippen MR) is 60.0 cm³/mol. The fraction of sp³-hybridized carbons (Fsp3) is 0.727. The minimum atomic E-state index is -0.621. The lowest BCUT2D eigenvalue weighted by Crippen LogP contribution is -2.44. The van der Waals surface area contributed by atoms with Crippen molar-refractivity contribution in [3.63, 3.8) is 0 Å². The van der Waals surface area contributed by atoms with Gasteiger partial charge < -0.3 is 10.1 Å². The van der Waals surface area contributed by atoms with Crippen LogP contribution in [0, 0.1) is 11.8 Å². The molecule has 2 atom stereocenters. The first kappa shape index (κ1) is 13.5. The van der Waals surface area contributed by atoms with Gasteiger partial charge in [0.2, 0.25) is 0 Å². The first-order valence-corrected chi connectivity index (χ1v) is 5.67. The predicted octanol–water partition coefficient (Wildman–Crippen LogP) is 0.420. The Labute approximate surface area is 100 Å². The molecular weight excluding hydrogens is 224 g/mol.